The Labute approximate surface area is 137 Å². The van der Waals surface area contributed by atoms with E-state index >= 15 is 0 Å². The Hall–Kier alpha value is -3.15. The average Bonchev–Trinajstić information content (AvgIpc) is 3.03. The van der Waals surface area contributed by atoms with Crippen LogP contribution in [0.3, 0.4) is 0 Å². The van der Waals surface area contributed by atoms with Crippen LogP contribution in [0.25, 0.3) is 10.9 Å². The lowest BCUT2D eigenvalue weighted by atomic mass is 10.1. The van der Waals surface area contributed by atoms with Gasteiger partial charge in [0.15, 0.2) is 24.0 Å². The average molecular weight is 327 g/mol. The van der Waals surface area contributed by atoms with E-state index in [1.807, 2.05) is 24.3 Å². The zero-order chi connectivity index (χ0) is 17.1. The molecule has 0 bridgehead atoms. The molecule has 0 amide bonds. The Balaban J connectivity index is 1.67. The molecule has 1 aromatic heterocycles. The molecular weight excluding hydrogens is 313 g/mol. The van der Waals surface area contributed by atoms with E-state index in [4.69, 9.17) is 9.47 Å². The highest BCUT2D eigenvalue weighted by Crippen LogP contribution is 2.18. The summed E-state index contributed by atoms with van der Waals surface area (Å²) in [5.74, 6) is -1.75. The molecule has 0 aliphatic carbocycles. The number of aromatic amines is 1. The minimum atomic E-state index is -0.648. The van der Waals surface area contributed by atoms with Crippen molar-refractivity contribution >= 4 is 22.7 Å². The molecule has 0 aliphatic rings. The van der Waals surface area contributed by atoms with Gasteiger partial charge in [-0.1, -0.05) is 18.2 Å². The van der Waals surface area contributed by atoms with Gasteiger partial charge in [-0.3, -0.25) is 4.79 Å². The van der Waals surface area contributed by atoms with Gasteiger partial charge in [-0.25, -0.2) is 9.18 Å². The molecule has 0 radical (unpaired) electrons. The number of nitrogens with one attached hydrogen (secondary N) is 1. The zero-order valence-corrected chi connectivity index (χ0v) is 12.8. The third kappa shape index (κ3) is 3.12. The molecule has 3 rings (SSSR count). The number of halogens is 1. The van der Waals surface area contributed by atoms with Gasteiger partial charge in [-0.15, -0.1) is 0 Å². The summed E-state index contributed by atoms with van der Waals surface area (Å²) in [6.07, 6.45) is 0. The van der Waals surface area contributed by atoms with Crippen molar-refractivity contribution in [3.05, 3.63) is 65.6 Å². The maximum atomic E-state index is 13.6. The van der Waals surface area contributed by atoms with Crippen molar-refractivity contribution in [1.29, 1.82) is 0 Å². The summed E-state index contributed by atoms with van der Waals surface area (Å²) in [6, 6.07) is 12.9. The molecule has 0 fully saturated rings. The third-order valence-electron chi connectivity index (χ3n) is 3.56. The fourth-order valence-electron chi connectivity index (χ4n) is 2.32. The van der Waals surface area contributed by atoms with Gasteiger partial charge < -0.3 is 14.5 Å². The molecule has 0 spiro atoms. The van der Waals surface area contributed by atoms with Gasteiger partial charge in [-0.2, -0.15) is 0 Å². The van der Waals surface area contributed by atoms with E-state index in [-0.39, 0.29) is 17.0 Å². The number of ketones is 1. The van der Waals surface area contributed by atoms with Crippen LogP contribution in [0.5, 0.6) is 5.75 Å². The monoisotopic (exact) mass is 327 g/mol. The molecule has 5 nitrogen and oxygen atoms in total. The first-order valence-corrected chi connectivity index (χ1v) is 7.20. The molecule has 122 valence electrons. The number of Topliss-reactive ketones (excluding diaryl/α,β-unsaturated/α-hetero) is 1. The number of hydrogen-bond donors (Lipinski definition) is 1. The molecule has 1 heterocycles. The van der Waals surface area contributed by atoms with Crippen LogP contribution >= 0.6 is 0 Å². The highest BCUT2D eigenvalue weighted by molar-refractivity contribution is 6.00. The highest BCUT2D eigenvalue weighted by atomic mass is 19.1. The fourth-order valence-corrected chi connectivity index (χ4v) is 2.32. The smallest absolute Gasteiger partial charge is 0.355 e. The van der Waals surface area contributed by atoms with E-state index in [0.29, 0.717) is 0 Å². The topological polar surface area (TPSA) is 68.4 Å². The van der Waals surface area contributed by atoms with E-state index in [0.717, 1.165) is 17.0 Å². The Morgan fingerprint density at radius 3 is 2.62 bits per heavy atom. The van der Waals surface area contributed by atoms with E-state index < -0.39 is 24.2 Å². The molecule has 0 aliphatic heterocycles. The van der Waals surface area contributed by atoms with Crippen molar-refractivity contribution in [2.24, 2.45) is 0 Å². The SMILES string of the molecule is COc1ccc(C(=O)COC(=O)c2cc3ccccc3[nH]2)cc1F. The first-order chi connectivity index (χ1) is 11.6. The molecule has 0 atom stereocenters. The van der Waals surface area contributed by atoms with Gasteiger partial charge in [0.1, 0.15) is 5.69 Å². The van der Waals surface area contributed by atoms with Crippen LogP contribution in [-0.4, -0.2) is 30.5 Å². The second kappa shape index (κ2) is 6.54. The zero-order valence-electron chi connectivity index (χ0n) is 12.8. The van der Waals surface area contributed by atoms with E-state index in [9.17, 15) is 14.0 Å². The summed E-state index contributed by atoms with van der Waals surface area (Å²) in [6.45, 7) is -0.472. The Morgan fingerprint density at radius 2 is 1.92 bits per heavy atom. The van der Waals surface area contributed by atoms with Crippen molar-refractivity contribution in [2.45, 2.75) is 0 Å². The number of esters is 1. The van der Waals surface area contributed by atoms with E-state index in [1.165, 1.54) is 19.2 Å². The minimum Gasteiger partial charge on any atom is -0.494 e. The number of H-pyrrole nitrogens is 1. The van der Waals surface area contributed by atoms with Crippen LogP contribution in [-0.2, 0) is 4.74 Å². The fraction of sp³-hybridized carbons (Fsp3) is 0.111. The Kier molecular flexibility index (Phi) is 4.29. The number of hydrogen-bond acceptors (Lipinski definition) is 4. The molecule has 0 saturated heterocycles. The molecule has 2 aromatic carbocycles. The predicted octanol–water partition coefficient (Wildman–Crippen LogP) is 3.36. The summed E-state index contributed by atoms with van der Waals surface area (Å²) in [7, 11) is 1.34. The molecule has 1 N–H and O–H groups in total. The van der Waals surface area contributed by atoms with Crippen LogP contribution in [0, 0.1) is 5.82 Å². The summed E-state index contributed by atoms with van der Waals surface area (Å²) in [5.41, 5.74) is 1.16. The largest absolute Gasteiger partial charge is 0.494 e. The lowest BCUT2D eigenvalue weighted by Crippen LogP contribution is -2.14. The Bertz CT molecular complexity index is 883. The van der Waals surface area contributed by atoms with Gasteiger partial charge >= 0.3 is 5.97 Å². The lowest BCUT2D eigenvalue weighted by molar-refractivity contribution is 0.0470. The normalized spacial score (nSPS) is 10.6. The van der Waals surface area contributed by atoms with Crippen LogP contribution < -0.4 is 4.74 Å². The summed E-state index contributed by atoms with van der Waals surface area (Å²) in [4.78, 5) is 26.9. The molecule has 3 aromatic rings. The number of carbonyl (C=O) groups excluding carboxylic acids is 2. The highest BCUT2D eigenvalue weighted by Gasteiger charge is 2.15. The number of methoxy groups -OCH3 is 1. The van der Waals surface area contributed by atoms with Gasteiger partial charge in [-0.05, 0) is 30.3 Å². The third-order valence-corrected chi connectivity index (χ3v) is 3.56. The summed E-state index contributed by atoms with van der Waals surface area (Å²) < 4.78 is 23.4. The molecule has 24 heavy (non-hydrogen) atoms. The summed E-state index contributed by atoms with van der Waals surface area (Å²) >= 11 is 0. The van der Waals surface area contributed by atoms with Crippen molar-refractivity contribution in [3.63, 3.8) is 0 Å². The van der Waals surface area contributed by atoms with E-state index in [1.54, 1.807) is 6.07 Å². The van der Waals surface area contributed by atoms with Crippen molar-refractivity contribution < 1.29 is 23.5 Å². The first-order valence-electron chi connectivity index (χ1n) is 7.20. The second-order valence-corrected chi connectivity index (χ2v) is 5.12. The van der Waals surface area contributed by atoms with Crippen LogP contribution in [0.2, 0.25) is 0 Å². The van der Waals surface area contributed by atoms with Gasteiger partial charge in [0.05, 0.1) is 7.11 Å². The number of benzene rings is 2. The quantitative estimate of drug-likeness (QED) is 0.576. The van der Waals surface area contributed by atoms with Gasteiger partial charge in [0.25, 0.3) is 0 Å². The van der Waals surface area contributed by atoms with Crippen molar-refractivity contribution in [3.8, 4) is 5.75 Å². The number of carbonyl (C=O) groups is 2. The lowest BCUT2D eigenvalue weighted by Gasteiger charge is -2.05. The minimum absolute atomic E-state index is 0.0432. The standard InChI is InChI=1S/C18H14FNO4/c1-23-17-7-6-12(8-13(17)19)16(21)10-24-18(22)15-9-11-4-2-3-5-14(11)20-15/h2-9,20H,10H2,1H3. The van der Waals surface area contributed by atoms with Crippen molar-refractivity contribution in [2.75, 3.05) is 13.7 Å². The maximum absolute atomic E-state index is 13.6. The number of aromatic nitrogens is 1. The first kappa shape index (κ1) is 15.7. The molecule has 6 heteroatoms. The predicted molar refractivity (Wildman–Crippen MR) is 85.9 cm³/mol. The summed E-state index contributed by atoms with van der Waals surface area (Å²) in [5, 5.41) is 0.869. The maximum Gasteiger partial charge on any atom is 0.355 e. The molecular formula is C18H14FNO4. The van der Waals surface area contributed by atoms with Crippen LogP contribution in [0.4, 0.5) is 4.39 Å². The van der Waals surface area contributed by atoms with Gasteiger partial charge in [0, 0.05) is 16.5 Å². The van der Waals surface area contributed by atoms with Gasteiger partial charge in [0.2, 0.25) is 0 Å². The van der Waals surface area contributed by atoms with E-state index in [2.05, 4.69) is 4.98 Å². The second-order valence-electron chi connectivity index (χ2n) is 5.12. The van der Waals surface area contributed by atoms with Crippen molar-refractivity contribution in [1.82, 2.24) is 4.98 Å². The number of rotatable bonds is 5. The number of ether oxygens (including phenoxy) is 2. The Morgan fingerprint density at radius 1 is 1.12 bits per heavy atom. The number of fused-ring (bicyclic) bond motifs is 1. The molecule has 0 saturated carbocycles. The van der Waals surface area contributed by atoms with Crippen LogP contribution in [0.15, 0.2) is 48.5 Å². The molecule has 0 unspecified atom stereocenters. The van der Waals surface area contributed by atoms with Crippen LogP contribution in [0.1, 0.15) is 20.8 Å². The number of para-hydroxylation sites is 1.